The molecule has 1 N–H and O–H groups in total. The molecular weight excluding hydrogens is 240 g/mol. The number of H-pyrrole nitrogens is 1. The Hall–Kier alpha value is -1.91. The molecule has 0 bridgehead atoms. The smallest absolute Gasteiger partial charge is 0.162 e. The van der Waals surface area contributed by atoms with Crippen LogP contribution in [0.15, 0.2) is 12.1 Å². The van der Waals surface area contributed by atoms with Crippen molar-refractivity contribution in [2.24, 2.45) is 0 Å². The van der Waals surface area contributed by atoms with Crippen LogP contribution in [0.2, 0.25) is 0 Å². The van der Waals surface area contributed by atoms with E-state index in [0.717, 1.165) is 35.2 Å². The molecule has 100 valence electrons. The average Bonchev–Trinajstić information content (AvgIpc) is 3.17. The number of aromatic nitrogens is 4. The quantitative estimate of drug-likeness (QED) is 0.895. The van der Waals surface area contributed by atoms with Gasteiger partial charge in [-0.25, -0.2) is 4.98 Å². The van der Waals surface area contributed by atoms with E-state index < -0.39 is 0 Å². The van der Waals surface area contributed by atoms with Crippen LogP contribution < -0.4 is 4.74 Å². The van der Waals surface area contributed by atoms with E-state index in [2.05, 4.69) is 27.1 Å². The summed E-state index contributed by atoms with van der Waals surface area (Å²) in [7, 11) is 0. The highest BCUT2D eigenvalue weighted by molar-refractivity contribution is 5.29. The monoisotopic (exact) mass is 258 g/mol. The largest absolute Gasteiger partial charge is 0.484 e. The summed E-state index contributed by atoms with van der Waals surface area (Å²) in [5.41, 5.74) is 2.00. The van der Waals surface area contributed by atoms with Crippen molar-refractivity contribution in [1.82, 2.24) is 20.2 Å². The summed E-state index contributed by atoms with van der Waals surface area (Å²) in [5.74, 6) is 3.11. The number of nitrogens with zero attached hydrogens (tertiary/aromatic N) is 3. The van der Waals surface area contributed by atoms with Gasteiger partial charge in [0.25, 0.3) is 0 Å². The van der Waals surface area contributed by atoms with Gasteiger partial charge in [-0.15, -0.1) is 0 Å². The molecule has 2 aromatic heterocycles. The summed E-state index contributed by atoms with van der Waals surface area (Å²) in [6, 6.07) is 3.93. The highest BCUT2D eigenvalue weighted by Gasteiger charge is 2.27. The zero-order chi connectivity index (χ0) is 13.2. The molecule has 0 radical (unpaired) electrons. The van der Waals surface area contributed by atoms with Crippen LogP contribution in [0.1, 0.15) is 48.7 Å². The van der Waals surface area contributed by atoms with Crippen molar-refractivity contribution in [2.45, 2.75) is 45.6 Å². The lowest BCUT2D eigenvalue weighted by Crippen LogP contribution is -2.02. The second-order valence-corrected chi connectivity index (χ2v) is 4.95. The summed E-state index contributed by atoms with van der Waals surface area (Å²) < 4.78 is 5.79. The van der Waals surface area contributed by atoms with Gasteiger partial charge in [-0.3, -0.25) is 10.1 Å². The van der Waals surface area contributed by atoms with Crippen LogP contribution in [-0.4, -0.2) is 20.2 Å². The minimum Gasteiger partial charge on any atom is -0.484 e. The molecule has 5 nitrogen and oxygen atoms in total. The lowest BCUT2D eigenvalue weighted by atomic mass is 10.2. The minimum absolute atomic E-state index is 0.414. The summed E-state index contributed by atoms with van der Waals surface area (Å²) >= 11 is 0. The summed E-state index contributed by atoms with van der Waals surface area (Å²) in [5, 5.41) is 7.16. The molecule has 1 saturated carbocycles. The number of nitrogens with one attached hydrogen (secondary N) is 1. The molecule has 0 amide bonds. The highest BCUT2D eigenvalue weighted by atomic mass is 16.5. The first-order valence-corrected chi connectivity index (χ1v) is 6.76. The first-order chi connectivity index (χ1) is 9.26. The predicted molar refractivity (Wildman–Crippen MR) is 71.0 cm³/mol. The van der Waals surface area contributed by atoms with Crippen molar-refractivity contribution in [2.75, 3.05) is 0 Å². The Labute approximate surface area is 112 Å². The summed E-state index contributed by atoms with van der Waals surface area (Å²) in [4.78, 5) is 8.92. The zero-order valence-corrected chi connectivity index (χ0v) is 11.3. The normalized spacial score (nSPS) is 14.6. The number of ether oxygens (including phenoxy) is 1. The van der Waals surface area contributed by atoms with Gasteiger partial charge in [-0.1, -0.05) is 6.92 Å². The van der Waals surface area contributed by atoms with E-state index in [-0.39, 0.29) is 0 Å². The minimum atomic E-state index is 0.414. The van der Waals surface area contributed by atoms with Gasteiger partial charge < -0.3 is 4.74 Å². The van der Waals surface area contributed by atoms with E-state index in [0.29, 0.717) is 12.5 Å². The topological polar surface area (TPSA) is 63.7 Å². The van der Waals surface area contributed by atoms with Crippen molar-refractivity contribution >= 4 is 0 Å². The van der Waals surface area contributed by atoms with E-state index in [1.54, 1.807) is 0 Å². The van der Waals surface area contributed by atoms with Crippen LogP contribution in [0.5, 0.6) is 5.75 Å². The van der Waals surface area contributed by atoms with Crippen LogP contribution in [0, 0.1) is 6.92 Å². The van der Waals surface area contributed by atoms with E-state index in [9.17, 15) is 0 Å². The Morgan fingerprint density at radius 1 is 1.32 bits per heavy atom. The standard InChI is InChI=1S/C14H18N4O/c1-3-11-12(7-4-9(2)15-11)19-8-13-16-14(18-17-13)10-5-6-10/h4,7,10H,3,5-6,8H2,1-2H3,(H,16,17,18). The predicted octanol–water partition coefficient (Wildman–Crippen LogP) is 2.53. The Morgan fingerprint density at radius 3 is 2.89 bits per heavy atom. The fourth-order valence-corrected chi connectivity index (χ4v) is 2.03. The maximum Gasteiger partial charge on any atom is 0.162 e. The lowest BCUT2D eigenvalue weighted by molar-refractivity contribution is 0.291. The zero-order valence-electron chi connectivity index (χ0n) is 11.3. The van der Waals surface area contributed by atoms with Crippen molar-refractivity contribution in [1.29, 1.82) is 0 Å². The van der Waals surface area contributed by atoms with Crippen LogP contribution in [-0.2, 0) is 13.0 Å². The Kier molecular flexibility index (Phi) is 3.19. The Balaban J connectivity index is 1.67. The summed E-state index contributed by atoms with van der Waals surface area (Å²) in [6.07, 6.45) is 3.28. The van der Waals surface area contributed by atoms with Crippen LogP contribution in [0.25, 0.3) is 0 Å². The molecular formula is C14H18N4O. The van der Waals surface area contributed by atoms with Crippen molar-refractivity contribution in [3.05, 3.63) is 35.2 Å². The number of aryl methyl sites for hydroxylation is 2. The first kappa shape index (κ1) is 12.1. The van der Waals surface area contributed by atoms with Crippen LogP contribution in [0.3, 0.4) is 0 Å². The van der Waals surface area contributed by atoms with Crippen molar-refractivity contribution < 1.29 is 4.74 Å². The summed E-state index contributed by atoms with van der Waals surface area (Å²) in [6.45, 7) is 4.48. The van der Waals surface area contributed by atoms with Crippen molar-refractivity contribution in [3.63, 3.8) is 0 Å². The number of hydrogen-bond acceptors (Lipinski definition) is 4. The molecule has 1 fully saturated rings. The number of aromatic amines is 1. The maximum absolute atomic E-state index is 5.79. The Morgan fingerprint density at radius 2 is 2.16 bits per heavy atom. The molecule has 0 aliphatic heterocycles. The first-order valence-electron chi connectivity index (χ1n) is 6.76. The lowest BCUT2D eigenvalue weighted by Gasteiger charge is -2.08. The molecule has 1 aliphatic rings. The third-order valence-electron chi connectivity index (χ3n) is 3.26. The van der Waals surface area contributed by atoms with Gasteiger partial charge in [0.15, 0.2) is 11.6 Å². The van der Waals surface area contributed by atoms with E-state index in [1.807, 2.05) is 19.1 Å². The van der Waals surface area contributed by atoms with Crippen LogP contribution >= 0.6 is 0 Å². The molecule has 0 aromatic carbocycles. The Bertz CT molecular complexity index is 575. The SMILES string of the molecule is CCc1nc(C)ccc1OCc1nc(C2CC2)n[nH]1. The molecule has 0 spiro atoms. The molecule has 1 aliphatic carbocycles. The average molecular weight is 258 g/mol. The van der Waals surface area contributed by atoms with Gasteiger partial charge in [-0.05, 0) is 38.3 Å². The van der Waals surface area contributed by atoms with Gasteiger partial charge >= 0.3 is 0 Å². The third kappa shape index (κ3) is 2.75. The van der Waals surface area contributed by atoms with Gasteiger partial charge in [0.1, 0.15) is 12.4 Å². The second-order valence-electron chi connectivity index (χ2n) is 4.95. The molecule has 0 saturated heterocycles. The van der Waals surface area contributed by atoms with E-state index in [1.165, 1.54) is 12.8 Å². The maximum atomic E-state index is 5.79. The molecule has 0 unspecified atom stereocenters. The highest BCUT2D eigenvalue weighted by Crippen LogP contribution is 2.37. The fourth-order valence-electron chi connectivity index (χ4n) is 2.03. The molecule has 5 heteroatoms. The second kappa shape index (κ2) is 4.99. The van der Waals surface area contributed by atoms with Gasteiger partial charge in [0.2, 0.25) is 0 Å². The molecule has 2 aromatic rings. The molecule has 19 heavy (non-hydrogen) atoms. The van der Waals surface area contributed by atoms with Crippen molar-refractivity contribution in [3.8, 4) is 5.75 Å². The van der Waals surface area contributed by atoms with Crippen LogP contribution in [0.4, 0.5) is 0 Å². The third-order valence-corrected chi connectivity index (χ3v) is 3.26. The molecule has 3 rings (SSSR count). The number of pyridine rings is 1. The fraction of sp³-hybridized carbons (Fsp3) is 0.500. The van der Waals surface area contributed by atoms with E-state index in [4.69, 9.17) is 4.74 Å². The molecule has 2 heterocycles. The van der Waals surface area contributed by atoms with Gasteiger partial charge in [0.05, 0.1) is 5.69 Å². The van der Waals surface area contributed by atoms with Gasteiger partial charge in [-0.2, -0.15) is 5.10 Å². The number of rotatable bonds is 5. The van der Waals surface area contributed by atoms with E-state index >= 15 is 0 Å². The number of hydrogen-bond donors (Lipinski definition) is 1. The van der Waals surface area contributed by atoms with Gasteiger partial charge in [0, 0.05) is 11.6 Å². The molecule has 0 atom stereocenters.